The molecule has 0 atom stereocenters. The third-order valence-corrected chi connectivity index (χ3v) is 4.30. The second-order valence-corrected chi connectivity index (χ2v) is 5.98. The Morgan fingerprint density at radius 3 is 2.71 bits per heavy atom. The van der Waals surface area contributed by atoms with Gasteiger partial charge in [0.15, 0.2) is 5.69 Å². The molecule has 0 fully saturated rings. The third kappa shape index (κ3) is 3.97. The Kier molecular flexibility index (Phi) is 5.18. The average molecular weight is 340 g/mol. The van der Waals surface area contributed by atoms with Crippen LogP contribution in [0.1, 0.15) is 16.9 Å². The van der Waals surface area contributed by atoms with Crippen molar-refractivity contribution in [1.29, 1.82) is 0 Å². The standard InChI is InChI=1S/C18H16N2O3S/c21-16-9-4-5-10-20(16)11-6-12-23-18(22)15-13-24-17(19-15)14-7-2-1-3-8-14/h1-5,7-10,13H,6,11-12H2. The maximum Gasteiger partial charge on any atom is 0.357 e. The van der Waals surface area contributed by atoms with E-state index in [1.54, 1.807) is 28.3 Å². The Morgan fingerprint density at radius 2 is 1.92 bits per heavy atom. The molecule has 0 aliphatic rings. The molecule has 0 aliphatic carbocycles. The van der Waals surface area contributed by atoms with E-state index in [1.807, 2.05) is 30.3 Å². The molecule has 3 rings (SSSR count). The minimum Gasteiger partial charge on any atom is -0.461 e. The molecule has 1 aromatic carbocycles. The summed E-state index contributed by atoms with van der Waals surface area (Å²) in [6.45, 7) is 0.762. The summed E-state index contributed by atoms with van der Waals surface area (Å²) in [6.07, 6.45) is 2.29. The van der Waals surface area contributed by atoms with Gasteiger partial charge in [0, 0.05) is 29.8 Å². The molecule has 0 N–H and O–H groups in total. The third-order valence-electron chi connectivity index (χ3n) is 3.41. The van der Waals surface area contributed by atoms with Gasteiger partial charge in [-0.2, -0.15) is 0 Å². The van der Waals surface area contributed by atoms with Crippen molar-refractivity contribution >= 4 is 17.3 Å². The van der Waals surface area contributed by atoms with Crippen LogP contribution in [-0.4, -0.2) is 22.1 Å². The van der Waals surface area contributed by atoms with Crippen LogP contribution in [0.5, 0.6) is 0 Å². The summed E-state index contributed by atoms with van der Waals surface area (Å²) >= 11 is 1.41. The first kappa shape index (κ1) is 16.1. The summed E-state index contributed by atoms with van der Waals surface area (Å²) < 4.78 is 6.82. The molecule has 122 valence electrons. The molecular weight excluding hydrogens is 324 g/mol. The van der Waals surface area contributed by atoms with E-state index in [1.165, 1.54) is 17.4 Å². The van der Waals surface area contributed by atoms with E-state index in [2.05, 4.69) is 4.98 Å². The first-order valence-corrected chi connectivity index (χ1v) is 8.45. The van der Waals surface area contributed by atoms with E-state index in [4.69, 9.17) is 4.74 Å². The molecular formula is C18H16N2O3S. The van der Waals surface area contributed by atoms with Gasteiger partial charge in [-0.3, -0.25) is 4.79 Å². The average Bonchev–Trinajstić information content (AvgIpc) is 3.11. The molecule has 0 saturated heterocycles. The minimum atomic E-state index is -0.436. The second-order valence-electron chi connectivity index (χ2n) is 5.13. The topological polar surface area (TPSA) is 61.2 Å². The highest BCUT2D eigenvalue weighted by Crippen LogP contribution is 2.23. The predicted octanol–water partition coefficient (Wildman–Crippen LogP) is 3.22. The number of aromatic nitrogens is 2. The Bertz CT molecular complexity index is 871. The summed E-state index contributed by atoms with van der Waals surface area (Å²) in [5.41, 5.74) is 1.23. The molecule has 0 unspecified atom stereocenters. The Morgan fingerprint density at radius 1 is 1.12 bits per heavy atom. The van der Waals surface area contributed by atoms with Crippen molar-refractivity contribution in [3.8, 4) is 10.6 Å². The molecule has 5 nitrogen and oxygen atoms in total. The van der Waals surface area contributed by atoms with E-state index in [-0.39, 0.29) is 12.2 Å². The van der Waals surface area contributed by atoms with Crippen LogP contribution in [-0.2, 0) is 11.3 Å². The molecule has 0 radical (unpaired) electrons. The van der Waals surface area contributed by atoms with Gasteiger partial charge in [0.2, 0.25) is 5.56 Å². The van der Waals surface area contributed by atoms with E-state index in [9.17, 15) is 9.59 Å². The molecule has 6 heteroatoms. The zero-order valence-electron chi connectivity index (χ0n) is 12.9. The number of nitrogens with zero attached hydrogens (tertiary/aromatic N) is 2. The van der Waals surface area contributed by atoms with Gasteiger partial charge in [-0.1, -0.05) is 36.4 Å². The van der Waals surface area contributed by atoms with Gasteiger partial charge in [-0.25, -0.2) is 9.78 Å². The zero-order valence-corrected chi connectivity index (χ0v) is 13.7. The zero-order chi connectivity index (χ0) is 16.8. The largest absolute Gasteiger partial charge is 0.461 e. The van der Waals surface area contributed by atoms with Gasteiger partial charge in [-0.05, 0) is 12.5 Å². The van der Waals surface area contributed by atoms with E-state index < -0.39 is 5.97 Å². The summed E-state index contributed by atoms with van der Waals surface area (Å²) in [6, 6.07) is 14.7. The number of carbonyl (C=O) groups is 1. The number of thiazole rings is 1. The number of hydrogen-bond acceptors (Lipinski definition) is 5. The van der Waals surface area contributed by atoms with Crippen molar-refractivity contribution in [3.63, 3.8) is 0 Å². The van der Waals surface area contributed by atoms with Gasteiger partial charge in [0.1, 0.15) is 5.01 Å². The monoisotopic (exact) mass is 340 g/mol. The van der Waals surface area contributed by atoms with E-state index in [0.29, 0.717) is 18.7 Å². The molecule has 0 bridgehead atoms. The molecule has 2 heterocycles. The van der Waals surface area contributed by atoms with Gasteiger partial charge in [-0.15, -0.1) is 11.3 Å². The van der Waals surface area contributed by atoms with Crippen LogP contribution in [0.4, 0.5) is 0 Å². The normalized spacial score (nSPS) is 10.5. The van der Waals surface area contributed by atoms with E-state index in [0.717, 1.165) is 10.6 Å². The van der Waals surface area contributed by atoms with Gasteiger partial charge in [0.25, 0.3) is 0 Å². The molecule has 2 aromatic heterocycles. The number of rotatable bonds is 6. The number of benzene rings is 1. The lowest BCUT2D eigenvalue weighted by atomic mass is 10.2. The van der Waals surface area contributed by atoms with Crippen molar-refractivity contribution in [2.45, 2.75) is 13.0 Å². The first-order chi connectivity index (χ1) is 11.7. The van der Waals surface area contributed by atoms with Crippen LogP contribution in [0.15, 0.2) is 64.9 Å². The second kappa shape index (κ2) is 7.70. The molecule has 3 aromatic rings. The number of esters is 1. The Hall–Kier alpha value is -2.73. The number of ether oxygens (including phenoxy) is 1. The van der Waals surface area contributed by atoms with Crippen molar-refractivity contribution in [2.24, 2.45) is 0 Å². The summed E-state index contributed by atoms with van der Waals surface area (Å²) in [4.78, 5) is 27.9. The maximum atomic E-state index is 12.0. The Balaban J connectivity index is 1.52. The molecule has 24 heavy (non-hydrogen) atoms. The fraction of sp³-hybridized carbons (Fsp3) is 0.167. The number of hydrogen-bond donors (Lipinski definition) is 0. The minimum absolute atomic E-state index is 0.0594. The lowest BCUT2D eigenvalue weighted by molar-refractivity contribution is 0.0490. The fourth-order valence-electron chi connectivity index (χ4n) is 2.20. The number of aryl methyl sites for hydroxylation is 1. The van der Waals surface area contributed by atoms with Gasteiger partial charge < -0.3 is 9.30 Å². The molecule has 0 saturated carbocycles. The summed E-state index contributed by atoms with van der Waals surface area (Å²) in [5.74, 6) is -0.436. The predicted molar refractivity (Wildman–Crippen MR) is 93.2 cm³/mol. The number of carbonyl (C=O) groups excluding carboxylic acids is 1. The fourth-order valence-corrected chi connectivity index (χ4v) is 3.00. The van der Waals surface area contributed by atoms with E-state index >= 15 is 0 Å². The lowest BCUT2D eigenvalue weighted by Gasteiger charge is -2.05. The van der Waals surface area contributed by atoms with Crippen LogP contribution in [0, 0.1) is 0 Å². The summed E-state index contributed by atoms with van der Waals surface area (Å²) in [7, 11) is 0. The van der Waals surface area contributed by atoms with Crippen LogP contribution < -0.4 is 5.56 Å². The van der Waals surface area contributed by atoms with Crippen molar-refractivity contribution in [3.05, 3.63) is 76.2 Å². The smallest absolute Gasteiger partial charge is 0.357 e. The van der Waals surface area contributed by atoms with Gasteiger partial charge in [0.05, 0.1) is 6.61 Å². The van der Waals surface area contributed by atoms with Gasteiger partial charge >= 0.3 is 5.97 Å². The molecule has 0 amide bonds. The maximum absolute atomic E-state index is 12.0. The van der Waals surface area contributed by atoms with Crippen LogP contribution in [0.25, 0.3) is 10.6 Å². The first-order valence-electron chi connectivity index (χ1n) is 7.57. The molecule has 0 aliphatic heterocycles. The highest BCUT2D eigenvalue weighted by molar-refractivity contribution is 7.13. The van der Waals surface area contributed by atoms with Crippen molar-refractivity contribution in [2.75, 3.05) is 6.61 Å². The SMILES string of the molecule is O=C(OCCCn1ccccc1=O)c1csc(-c2ccccc2)n1. The number of pyridine rings is 1. The Labute approximate surface area is 143 Å². The van der Waals surface area contributed by atoms with Crippen LogP contribution in [0.2, 0.25) is 0 Å². The quantitative estimate of drug-likeness (QED) is 0.511. The van der Waals surface area contributed by atoms with Crippen LogP contribution in [0.3, 0.4) is 0 Å². The highest BCUT2D eigenvalue weighted by atomic mass is 32.1. The van der Waals surface area contributed by atoms with Crippen LogP contribution >= 0.6 is 11.3 Å². The summed E-state index contributed by atoms with van der Waals surface area (Å²) in [5, 5.41) is 2.49. The van der Waals surface area contributed by atoms with Crippen molar-refractivity contribution in [1.82, 2.24) is 9.55 Å². The lowest BCUT2D eigenvalue weighted by Crippen LogP contribution is -2.19. The highest BCUT2D eigenvalue weighted by Gasteiger charge is 2.12. The van der Waals surface area contributed by atoms with Crippen molar-refractivity contribution < 1.29 is 9.53 Å². The molecule has 0 spiro atoms.